The van der Waals surface area contributed by atoms with Gasteiger partial charge in [-0.05, 0) is 26.3 Å². The molecular formula is C17H22N6O3S. The fraction of sp³-hybridized carbons (Fsp3) is 0.529. The first kappa shape index (κ1) is 19.2. The molecule has 3 heterocycles. The molecule has 0 aliphatic carbocycles. The minimum Gasteiger partial charge on any atom is -0.354 e. The number of nitrogens with one attached hydrogen (secondary N) is 1. The maximum absolute atomic E-state index is 12.4. The van der Waals surface area contributed by atoms with Gasteiger partial charge in [-0.25, -0.2) is 4.79 Å². The Morgan fingerprint density at radius 3 is 2.78 bits per heavy atom. The Labute approximate surface area is 160 Å². The first-order valence-electron chi connectivity index (χ1n) is 8.84. The third-order valence-corrected chi connectivity index (χ3v) is 5.56. The zero-order valence-electron chi connectivity index (χ0n) is 15.6. The van der Waals surface area contributed by atoms with Gasteiger partial charge in [-0.1, -0.05) is 18.3 Å². The van der Waals surface area contributed by atoms with E-state index in [1.807, 2.05) is 19.9 Å². The fourth-order valence-corrected chi connectivity index (χ4v) is 3.85. The Morgan fingerprint density at radius 1 is 1.33 bits per heavy atom. The molecule has 9 nitrogen and oxygen atoms in total. The summed E-state index contributed by atoms with van der Waals surface area (Å²) in [6, 6.07) is 1.82. The number of aromatic nitrogens is 4. The molecule has 1 aliphatic rings. The van der Waals surface area contributed by atoms with E-state index in [0.29, 0.717) is 30.5 Å². The smallest absolute Gasteiger partial charge is 0.348 e. The number of hydrogen-bond acceptors (Lipinski definition) is 7. The molecule has 2 amide bonds. The third-order valence-electron chi connectivity index (χ3n) is 4.47. The van der Waals surface area contributed by atoms with Crippen LogP contribution in [0.4, 0.5) is 5.13 Å². The van der Waals surface area contributed by atoms with Gasteiger partial charge in [0.05, 0.1) is 5.92 Å². The summed E-state index contributed by atoms with van der Waals surface area (Å²) in [4.78, 5) is 42.0. The molecule has 1 saturated heterocycles. The van der Waals surface area contributed by atoms with Gasteiger partial charge in [0.2, 0.25) is 16.9 Å². The predicted octanol–water partition coefficient (Wildman–Crippen LogP) is 0.443. The molecular weight excluding hydrogens is 368 g/mol. The lowest BCUT2D eigenvalue weighted by atomic mass is 10.1. The summed E-state index contributed by atoms with van der Waals surface area (Å²) >= 11 is 1.37. The van der Waals surface area contributed by atoms with E-state index in [1.54, 1.807) is 6.92 Å². The highest BCUT2D eigenvalue weighted by molar-refractivity contribution is 7.15. The van der Waals surface area contributed by atoms with E-state index in [2.05, 4.69) is 20.5 Å². The fourth-order valence-electron chi connectivity index (χ4n) is 3.05. The van der Waals surface area contributed by atoms with Crippen molar-refractivity contribution in [1.82, 2.24) is 25.1 Å². The van der Waals surface area contributed by atoms with Crippen LogP contribution in [-0.2, 0) is 22.6 Å². The predicted molar refractivity (Wildman–Crippen MR) is 101 cm³/mol. The Bertz CT molecular complexity index is 922. The molecule has 0 bridgehead atoms. The largest absolute Gasteiger partial charge is 0.354 e. The van der Waals surface area contributed by atoms with Crippen LogP contribution in [0.25, 0.3) is 0 Å². The highest BCUT2D eigenvalue weighted by atomic mass is 32.1. The summed E-state index contributed by atoms with van der Waals surface area (Å²) in [5, 5.41) is 12.3. The Morgan fingerprint density at radius 2 is 2.11 bits per heavy atom. The van der Waals surface area contributed by atoms with Gasteiger partial charge in [0.1, 0.15) is 5.01 Å². The van der Waals surface area contributed by atoms with E-state index >= 15 is 0 Å². The Balaban J connectivity index is 1.56. The van der Waals surface area contributed by atoms with Crippen molar-refractivity contribution in [2.24, 2.45) is 5.92 Å². The molecule has 2 aromatic rings. The lowest BCUT2D eigenvalue weighted by Gasteiger charge is -2.14. The van der Waals surface area contributed by atoms with E-state index in [0.717, 1.165) is 17.1 Å². The summed E-state index contributed by atoms with van der Waals surface area (Å²) in [6.45, 7) is 6.51. The molecule has 1 N–H and O–H groups in total. The minimum absolute atomic E-state index is 0.122. The number of rotatable bonds is 6. The number of amides is 2. The van der Waals surface area contributed by atoms with Crippen molar-refractivity contribution >= 4 is 28.3 Å². The second kappa shape index (κ2) is 7.95. The quantitative estimate of drug-likeness (QED) is 0.767. The molecule has 0 radical (unpaired) electrons. The van der Waals surface area contributed by atoms with Gasteiger partial charge in [-0.15, -0.1) is 10.2 Å². The molecule has 0 aromatic carbocycles. The molecule has 1 aliphatic heterocycles. The first-order valence-corrected chi connectivity index (χ1v) is 9.66. The maximum Gasteiger partial charge on any atom is 0.348 e. The molecule has 1 fully saturated rings. The van der Waals surface area contributed by atoms with Gasteiger partial charge in [0, 0.05) is 37.4 Å². The second-order valence-electron chi connectivity index (χ2n) is 6.50. The van der Waals surface area contributed by atoms with E-state index in [1.165, 1.54) is 20.8 Å². The molecule has 10 heteroatoms. The molecule has 144 valence electrons. The molecule has 0 saturated carbocycles. The molecule has 27 heavy (non-hydrogen) atoms. The zero-order valence-corrected chi connectivity index (χ0v) is 16.4. The molecule has 3 rings (SSSR count). The van der Waals surface area contributed by atoms with Crippen molar-refractivity contribution in [2.45, 2.75) is 40.2 Å². The van der Waals surface area contributed by atoms with E-state index in [-0.39, 0.29) is 23.9 Å². The van der Waals surface area contributed by atoms with Crippen LogP contribution in [0.2, 0.25) is 0 Å². The first-order chi connectivity index (χ1) is 12.9. The summed E-state index contributed by atoms with van der Waals surface area (Å²) in [5.41, 5.74) is 1.14. The lowest BCUT2D eigenvalue weighted by Crippen LogP contribution is -2.37. The zero-order chi connectivity index (χ0) is 19.6. The van der Waals surface area contributed by atoms with Crippen LogP contribution in [0.15, 0.2) is 10.9 Å². The number of hydrogen-bond donors (Lipinski definition) is 1. The minimum atomic E-state index is -0.430. The van der Waals surface area contributed by atoms with Gasteiger partial charge in [0.15, 0.2) is 0 Å². The Hall–Kier alpha value is -2.62. The van der Waals surface area contributed by atoms with E-state index in [4.69, 9.17) is 0 Å². The molecule has 0 spiro atoms. The van der Waals surface area contributed by atoms with Gasteiger partial charge in [-0.2, -0.15) is 4.98 Å². The van der Waals surface area contributed by atoms with E-state index < -0.39 is 5.92 Å². The molecule has 2 aromatic heterocycles. The average Bonchev–Trinajstić information content (AvgIpc) is 3.23. The second-order valence-corrected chi connectivity index (χ2v) is 7.54. The SMILES string of the molecule is CCc1nnc(N2CC(C(=O)NCCn3c(C)cc(C)nc3=O)CC2=O)s1. The van der Waals surface area contributed by atoms with Crippen LogP contribution < -0.4 is 15.9 Å². The standard InChI is InChI=1S/C17H22N6O3S/c1-4-13-20-21-17(27-13)23-9-12(8-14(23)24)15(25)18-5-6-22-11(3)7-10(2)19-16(22)26/h7,12H,4-6,8-9H2,1-3H3,(H,18,25). The lowest BCUT2D eigenvalue weighted by molar-refractivity contribution is -0.126. The van der Waals surface area contributed by atoms with Crippen LogP contribution in [-0.4, -0.2) is 44.7 Å². The average molecular weight is 390 g/mol. The van der Waals surface area contributed by atoms with Gasteiger partial charge in [-0.3, -0.25) is 19.1 Å². The van der Waals surface area contributed by atoms with Crippen LogP contribution in [0.1, 0.15) is 29.7 Å². The van der Waals surface area contributed by atoms with Gasteiger partial charge >= 0.3 is 5.69 Å². The van der Waals surface area contributed by atoms with Crippen molar-refractivity contribution < 1.29 is 9.59 Å². The van der Waals surface area contributed by atoms with Crippen LogP contribution in [0, 0.1) is 19.8 Å². The Kier molecular flexibility index (Phi) is 5.64. The summed E-state index contributed by atoms with van der Waals surface area (Å²) in [5.74, 6) is -0.749. The number of nitrogens with zero attached hydrogens (tertiary/aromatic N) is 5. The van der Waals surface area contributed by atoms with Crippen LogP contribution in [0.5, 0.6) is 0 Å². The number of carbonyl (C=O) groups excluding carboxylic acids is 2. The van der Waals surface area contributed by atoms with E-state index in [9.17, 15) is 14.4 Å². The van der Waals surface area contributed by atoms with Crippen molar-refractivity contribution in [3.05, 3.63) is 32.9 Å². The monoisotopic (exact) mass is 390 g/mol. The third kappa shape index (κ3) is 4.21. The highest BCUT2D eigenvalue weighted by Gasteiger charge is 2.36. The summed E-state index contributed by atoms with van der Waals surface area (Å²) in [6.07, 6.45) is 0.911. The van der Waals surface area contributed by atoms with Gasteiger partial charge in [0.25, 0.3) is 0 Å². The van der Waals surface area contributed by atoms with Crippen molar-refractivity contribution in [1.29, 1.82) is 0 Å². The topological polar surface area (TPSA) is 110 Å². The van der Waals surface area contributed by atoms with Crippen LogP contribution >= 0.6 is 11.3 Å². The highest BCUT2D eigenvalue weighted by Crippen LogP contribution is 2.28. The number of anilines is 1. The summed E-state index contributed by atoms with van der Waals surface area (Å²) < 4.78 is 1.52. The van der Waals surface area contributed by atoms with Crippen molar-refractivity contribution in [2.75, 3.05) is 18.0 Å². The van der Waals surface area contributed by atoms with Crippen molar-refractivity contribution in [3.8, 4) is 0 Å². The maximum atomic E-state index is 12.4. The van der Waals surface area contributed by atoms with Crippen molar-refractivity contribution in [3.63, 3.8) is 0 Å². The number of carbonyl (C=O) groups is 2. The normalized spacial score (nSPS) is 16.8. The molecule has 1 atom stereocenters. The van der Waals surface area contributed by atoms with Crippen LogP contribution in [0.3, 0.4) is 0 Å². The summed E-state index contributed by atoms with van der Waals surface area (Å²) in [7, 11) is 0. The van der Waals surface area contributed by atoms with Gasteiger partial charge < -0.3 is 5.32 Å². The molecule has 1 unspecified atom stereocenters. The number of aryl methyl sites for hydroxylation is 3.